The molecule has 4 rings (SSSR count). The zero-order valence-corrected chi connectivity index (χ0v) is 12.5. The summed E-state index contributed by atoms with van der Waals surface area (Å²) in [7, 11) is 0. The topological polar surface area (TPSA) is 38.7 Å². The molecular weight excluding hydrogens is 276 g/mol. The van der Waals surface area contributed by atoms with Crippen LogP contribution in [-0.4, -0.2) is 17.8 Å². The number of phenols is 1. The summed E-state index contributed by atoms with van der Waals surface area (Å²) in [4.78, 5) is 0. The minimum absolute atomic E-state index is 0.0533. The van der Waals surface area contributed by atoms with Crippen molar-refractivity contribution in [2.75, 3.05) is 6.61 Å². The van der Waals surface area contributed by atoms with E-state index < -0.39 is 0 Å². The highest BCUT2D eigenvalue weighted by atomic mass is 16.6. The lowest BCUT2D eigenvalue weighted by molar-refractivity contribution is 0.0908. The quantitative estimate of drug-likeness (QED) is 0.919. The Bertz CT molecular complexity index is 693. The van der Waals surface area contributed by atoms with Crippen LogP contribution in [0.2, 0.25) is 0 Å². The lowest BCUT2D eigenvalue weighted by Crippen LogP contribution is -2.31. The molecule has 0 spiro atoms. The molecule has 1 heterocycles. The van der Waals surface area contributed by atoms with E-state index in [1.807, 2.05) is 30.3 Å². The van der Waals surface area contributed by atoms with Gasteiger partial charge < -0.3 is 14.6 Å². The smallest absolute Gasteiger partial charge is 0.161 e. The lowest BCUT2D eigenvalue weighted by Gasteiger charge is -2.27. The summed E-state index contributed by atoms with van der Waals surface area (Å²) in [6.07, 6.45) is 5.08. The van der Waals surface area contributed by atoms with Gasteiger partial charge in [-0.25, -0.2) is 0 Å². The van der Waals surface area contributed by atoms with Crippen molar-refractivity contribution in [2.45, 2.75) is 38.2 Å². The van der Waals surface area contributed by atoms with E-state index in [0.717, 1.165) is 35.5 Å². The third kappa shape index (κ3) is 2.41. The van der Waals surface area contributed by atoms with Crippen LogP contribution in [0.1, 0.15) is 29.5 Å². The summed E-state index contributed by atoms with van der Waals surface area (Å²) in [5.41, 5.74) is 3.41. The molecule has 0 amide bonds. The highest BCUT2D eigenvalue weighted by Crippen LogP contribution is 2.35. The summed E-state index contributed by atoms with van der Waals surface area (Å²) in [5.74, 6) is 2.06. The molecule has 114 valence electrons. The predicted molar refractivity (Wildman–Crippen MR) is 84.8 cm³/mol. The molecule has 1 atom stereocenters. The van der Waals surface area contributed by atoms with E-state index >= 15 is 0 Å². The number of hydrogen-bond acceptors (Lipinski definition) is 3. The number of phenolic OH excluding ortho intramolecular Hbond substituents is 1. The SMILES string of the molecule is Oc1c(CC2COc3ccccc3O2)ccc2c1CCCC2. The Hall–Kier alpha value is -2.16. The number of hydrogen-bond donors (Lipinski definition) is 1. The lowest BCUT2D eigenvalue weighted by atomic mass is 9.88. The first-order valence-electron chi connectivity index (χ1n) is 8.02. The molecule has 1 aliphatic carbocycles. The molecular formula is C19H20O3. The van der Waals surface area contributed by atoms with Gasteiger partial charge in [-0.15, -0.1) is 0 Å². The molecule has 0 bridgehead atoms. The Balaban J connectivity index is 1.55. The maximum atomic E-state index is 10.6. The number of aryl methyl sites for hydroxylation is 1. The summed E-state index contributed by atoms with van der Waals surface area (Å²) in [5, 5.41) is 10.6. The minimum Gasteiger partial charge on any atom is -0.507 e. The highest BCUT2D eigenvalue weighted by molar-refractivity contribution is 5.47. The van der Waals surface area contributed by atoms with Crippen molar-refractivity contribution in [3.63, 3.8) is 0 Å². The summed E-state index contributed by atoms with van der Waals surface area (Å²) < 4.78 is 11.8. The largest absolute Gasteiger partial charge is 0.507 e. The fraction of sp³-hybridized carbons (Fsp3) is 0.368. The van der Waals surface area contributed by atoms with Gasteiger partial charge in [0.05, 0.1) is 0 Å². The number of aromatic hydroxyl groups is 1. The molecule has 1 aliphatic heterocycles. The first-order chi connectivity index (χ1) is 10.8. The van der Waals surface area contributed by atoms with Gasteiger partial charge in [0, 0.05) is 6.42 Å². The molecule has 1 N–H and O–H groups in total. The molecule has 0 saturated carbocycles. The van der Waals surface area contributed by atoms with Crippen molar-refractivity contribution in [1.82, 2.24) is 0 Å². The summed E-state index contributed by atoms with van der Waals surface area (Å²) in [6.45, 7) is 0.521. The first kappa shape index (κ1) is 13.5. The molecule has 0 radical (unpaired) electrons. The molecule has 3 heteroatoms. The molecule has 22 heavy (non-hydrogen) atoms. The average molecular weight is 296 g/mol. The number of ether oxygens (including phenoxy) is 2. The zero-order chi connectivity index (χ0) is 14.9. The Labute approximate surface area is 130 Å². The average Bonchev–Trinajstić information content (AvgIpc) is 2.57. The molecule has 2 aliphatic rings. The van der Waals surface area contributed by atoms with Crippen molar-refractivity contribution in [3.05, 3.63) is 53.1 Å². The first-order valence-corrected chi connectivity index (χ1v) is 8.02. The van der Waals surface area contributed by atoms with Crippen molar-refractivity contribution in [2.24, 2.45) is 0 Å². The molecule has 0 fully saturated rings. The van der Waals surface area contributed by atoms with E-state index in [0.29, 0.717) is 18.8 Å². The fourth-order valence-corrected chi connectivity index (χ4v) is 3.43. The van der Waals surface area contributed by atoms with E-state index in [2.05, 4.69) is 6.07 Å². The maximum Gasteiger partial charge on any atom is 0.161 e. The molecule has 0 aromatic heterocycles. The third-order valence-electron chi connectivity index (χ3n) is 4.60. The van der Waals surface area contributed by atoms with Crippen LogP contribution >= 0.6 is 0 Å². The van der Waals surface area contributed by atoms with Crippen LogP contribution in [0.15, 0.2) is 36.4 Å². The fourth-order valence-electron chi connectivity index (χ4n) is 3.43. The van der Waals surface area contributed by atoms with E-state index in [1.165, 1.54) is 18.4 Å². The van der Waals surface area contributed by atoms with Gasteiger partial charge in [0.1, 0.15) is 18.5 Å². The highest BCUT2D eigenvalue weighted by Gasteiger charge is 2.23. The summed E-state index contributed by atoms with van der Waals surface area (Å²) >= 11 is 0. The van der Waals surface area contributed by atoms with Crippen LogP contribution in [0.4, 0.5) is 0 Å². The second-order valence-electron chi connectivity index (χ2n) is 6.12. The Morgan fingerprint density at radius 3 is 2.73 bits per heavy atom. The monoisotopic (exact) mass is 296 g/mol. The molecule has 1 unspecified atom stereocenters. The van der Waals surface area contributed by atoms with Crippen LogP contribution in [0, 0.1) is 0 Å². The molecule has 2 aromatic rings. The Morgan fingerprint density at radius 1 is 1.00 bits per heavy atom. The van der Waals surface area contributed by atoms with E-state index in [1.54, 1.807) is 0 Å². The molecule has 0 saturated heterocycles. The van der Waals surface area contributed by atoms with Crippen LogP contribution in [-0.2, 0) is 19.3 Å². The van der Waals surface area contributed by atoms with Crippen molar-refractivity contribution in [3.8, 4) is 17.2 Å². The van der Waals surface area contributed by atoms with E-state index in [9.17, 15) is 5.11 Å². The molecule has 2 aromatic carbocycles. The number of benzene rings is 2. The normalized spacial score (nSPS) is 19.5. The van der Waals surface area contributed by atoms with Gasteiger partial charge >= 0.3 is 0 Å². The van der Waals surface area contributed by atoms with Crippen LogP contribution < -0.4 is 9.47 Å². The standard InChI is InChI=1S/C19H20O3/c20-19-14(10-9-13-5-1-2-6-16(13)19)11-15-12-21-17-7-3-4-8-18(17)22-15/h3-4,7-10,15,20H,1-2,5-6,11-12H2. The van der Waals surface area contributed by atoms with Crippen molar-refractivity contribution < 1.29 is 14.6 Å². The number of fused-ring (bicyclic) bond motifs is 2. The Morgan fingerprint density at radius 2 is 1.82 bits per heavy atom. The van der Waals surface area contributed by atoms with Gasteiger partial charge in [0.2, 0.25) is 0 Å². The van der Waals surface area contributed by atoms with Gasteiger partial charge in [-0.3, -0.25) is 0 Å². The second-order valence-corrected chi connectivity index (χ2v) is 6.12. The third-order valence-corrected chi connectivity index (χ3v) is 4.60. The van der Waals surface area contributed by atoms with Crippen molar-refractivity contribution in [1.29, 1.82) is 0 Å². The number of rotatable bonds is 2. The van der Waals surface area contributed by atoms with Gasteiger partial charge in [0.15, 0.2) is 11.5 Å². The van der Waals surface area contributed by atoms with Gasteiger partial charge in [-0.2, -0.15) is 0 Å². The van der Waals surface area contributed by atoms with E-state index in [-0.39, 0.29) is 6.10 Å². The van der Waals surface area contributed by atoms with Gasteiger partial charge in [-0.05, 0) is 54.5 Å². The Kier molecular flexibility index (Phi) is 3.41. The van der Waals surface area contributed by atoms with E-state index in [4.69, 9.17) is 9.47 Å². The van der Waals surface area contributed by atoms with Crippen molar-refractivity contribution >= 4 is 0 Å². The van der Waals surface area contributed by atoms with Gasteiger partial charge in [-0.1, -0.05) is 24.3 Å². The second kappa shape index (κ2) is 5.56. The number of para-hydroxylation sites is 2. The van der Waals surface area contributed by atoms with Crippen LogP contribution in [0.3, 0.4) is 0 Å². The van der Waals surface area contributed by atoms with Crippen LogP contribution in [0.25, 0.3) is 0 Å². The maximum absolute atomic E-state index is 10.6. The minimum atomic E-state index is -0.0533. The summed E-state index contributed by atoms with van der Waals surface area (Å²) in [6, 6.07) is 11.9. The van der Waals surface area contributed by atoms with Crippen LogP contribution in [0.5, 0.6) is 17.2 Å². The predicted octanol–water partition coefficient (Wildman–Crippen LogP) is 3.65. The zero-order valence-electron chi connectivity index (χ0n) is 12.5. The van der Waals surface area contributed by atoms with Gasteiger partial charge in [0.25, 0.3) is 0 Å². The molecule has 3 nitrogen and oxygen atoms in total.